The number of aromatic hydroxyl groups is 1. The van der Waals surface area contributed by atoms with E-state index in [9.17, 15) is 9.90 Å². The number of hydrogen-bond donors (Lipinski definition) is 1. The maximum Gasteiger partial charge on any atom is 0.262 e. The van der Waals surface area contributed by atoms with Crippen molar-refractivity contribution in [3.8, 4) is 11.5 Å². The van der Waals surface area contributed by atoms with Crippen LogP contribution in [0.5, 0.6) is 11.5 Å². The smallest absolute Gasteiger partial charge is 0.262 e. The highest BCUT2D eigenvalue weighted by molar-refractivity contribution is 6.30. The molecule has 1 heterocycles. The number of phenolic OH excluding ortho intramolecular Hbond substituents is 1. The van der Waals surface area contributed by atoms with Gasteiger partial charge in [0.15, 0.2) is 0 Å². The molecule has 1 fully saturated rings. The van der Waals surface area contributed by atoms with Crippen LogP contribution in [0.2, 0.25) is 5.02 Å². The third-order valence-electron chi connectivity index (χ3n) is 6.23. The van der Waals surface area contributed by atoms with Crippen LogP contribution in [-0.2, 0) is 6.54 Å². The highest BCUT2D eigenvalue weighted by Crippen LogP contribution is 2.30. The summed E-state index contributed by atoms with van der Waals surface area (Å²) in [7, 11) is 1.59. The number of carbonyl (C=O) groups excluding carboxylic acids is 1. The first-order valence-corrected chi connectivity index (χ1v) is 11.6. The molecule has 0 aromatic heterocycles. The molecule has 172 valence electrons. The van der Waals surface area contributed by atoms with Gasteiger partial charge in [-0.15, -0.1) is 0 Å². The number of anilines is 1. The zero-order valence-corrected chi connectivity index (χ0v) is 19.8. The summed E-state index contributed by atoms with van der Waals surface area (Å²) in [4.78, 5) is 18.0. The molecule has 0 saturated carbocycles. The second kappa shape index (κ2) is 10.3. The van der Waals surface area contributed by atoms with Crippen LogP contribution in [0.4, 0.5) is 5.69 Å². The minimum Gasteiger partial charge on any atom is -0.508 e. The van der Waals surface area contributed by atoms with Crippen LogP contribution in [0.25, 0.3) is 0 Å². The van der Waals surface area contributed by atoms with Gasteiger partial charge in [-0.2, -0.15) is 0 Å². The van der Waals surface area contributed by atoms with E-state index in [0.29, 0.717) is 22.9 Å². The fourth-order valence-electron chi connectivity index (χ4n) is 4.41. The van der Waals surface area contributed by atoms with Gasteiger partial charge >= 0.3 is 0 Å². The number of benzene rings is 3. The molecule has 1 aliphatic rings. The Morgan fingerprint density at radius 3 is 2.48 bits per heavy atom. The Morgan fingerprint density at radius 1 is 1.09 bits per heavy atom. The number of para-hydroxylation sites is 1. The summed E-state index contributed by atoms with van der Waals surface area (Å²) in [6.07, 6.45) is 1.66. The molecule has 33 heavy (non-hydrogen) atoms. The first kappa shape index (κ1) is 23.1. The molecule has 6 heteroatoms. The molecule has 0 unspecified atom stereocenters. The van der Waals surface area contributed by atoms with Crippen LogP contribution >= 0.6 is 11.6 Å². The van der Waals surface area contributed by atoms with Gasteiger partial charge in [0.2, 0.25) is 0 Å². The standard InChI is InChI=1S/C27H29ClN2O3/c1-19-7-10-22(11-8-19)30(27(32)24-5-3-4-6-26(24)33-2)23-13-15-29(16-14-23)18-20-17-21(28)9-12-25(20)31/h3-12,17,23,31H,13-16,18H2,1-2H3. The van der Waals surface area contributed by atoms with Crippen molar-refractivity contribution < 1.29 is 14.6 Å². The highest BCUT2D eigenvalue weighted by atomic mass is 35.5. The monoisotopic (exact) mass is 464 g/mol. The first-order valence-electron chi connectivity index (χ1n) is 11.2. The average molecular weight is 465 g/mol. The summed E-state index contributed by atoms with van der Waals surface area (Å²) < 4.78 is 5.47. The third-order valence-corrected chi connectivity index (χ3v) is 6.46. The Hall–Kier alpha value is -3.02. The second-order valence-electron chi connectivity index (χ2n) is 8.49. The van der Waals surface area contributed by atoms with E-state index in [2.05, 4.69) is 4.90 Å². The van der Waals surface area contributed by atoms with Crippen LogP contribution in [0.15, 0.2) is 66.7 Å². The zero-order valence-electron chi connectivity index (χ0n) is 19.0. The van der Waals surface area contributed by atoms with E-state index in [1.807, 2.05) is 66.4 Å². The lowest BCUT2D eigenvalue weighted by atomic mass is 9.99. The van der Waals surface area contributed by atoms with Crippen LogP contribution in [-0.4, -0.2) is 42.2 Å². The molecule has 1 N–H and O–H groups in total. The summed E-state index contributed by atoms with van der Waals surface area (Å²) in [6.45, 7) is 4.31. The minimum atomic E-state index is -0.0535. The number of halogens is 1. The number of nitrogens with zero attached hydrogens (tertiary/aromatic N) is 2. The minimum absolute atomic E-state index is 0.0535. The predicted molar refractivity (Wildman–Crippen MR) is 132 cm³/mol. The summed E-state index contributed by atoms with van der Waals surface area (Å²) in [5.41, 5.74) is 3.43. The van der Waals surface area contributed by atoms with Crippen molar-refractivity contribution in [3.63, 3.8) is 0 Å². The number of likely N-dealkylation sites (tertiary alicyclic amines) is 1. The fourth-order valence-corrected chi connectivity index (χ4v) is 4.60. The molecule has 5 nitrogen and oxygen atoms in total. The number of rotatable bonds is 6. The maximum atomic E-state index is 13.7. The van der Waals surface area contributed by atoms with Gasteiger partial charge in [0, 0.05) is 41.9 Å². The largest absolute Gasteiger partial charge is 0.508 e. The van der Waals surface area contributed by atoms with E-state index in [-0.39, 0.29) is 17.7 Å². The topological polar surface area (TPSA) is 53.0 Å². The Balaban J connectivity index is 1.55. The van der Waals surface area contributed by atoms with Crippen LogP contribution < -0.4 is 9.64 Å². The Bertz CT molecular complexity index is 1110. The van der Waals surface area contributed by atoms with Crippen molar-refractivity contribution in [3.05, 3.63) is 88.4 Å². The summed E-state index contributed by atoms with van der Waals surface area (Å²) in [5, 5.41) is 10.8. The summed E-state index contributed by atoms with van der Waals surface area (Å²) >= 11 is 6.11. The van der Waals surface area contributed by atoms with Gasteiger partial charge in [-0.3, -0.25) is 9.69 Å². The molecule has 0 bridgehead atoms. The number of piperidine rings is 1. The van der Waals surface area contributed by atoms with Crippen molar-refractivity contribution in [2.45, 2.75) is 32.4 Å². The van der Waals surface area contributed by atoms with E-state index in [1.54, 1.807) is 19.2 Å². The normalized spacial score (nSPS) is 14.8. The summed E-state index contributed by atoms with van der Waals surface area (Å²) in [6, 6.07) is 20.7. The molecule has 1 saturated heterocycles. The molecular formula is C27H29ClN2O3. The maximum absolute atomic E-state index is 13.7. The molecule has 4 rings (SSSR count). The van der Waals surface area contributed by atoms with Crippen molar-refractivity contribution in [2.75, 3.05) is 25.1 Å². The quantitative estimate of drug-likeness (QED) is 0.510. The molecule has 1 amide bonds. The Labute approximate surface area is 200 Å². The number of ether oxygens (including phenoxy) is 1. The van der Waals surface area contributed by atoms with E-state index < -0.39 is 0 Å². The number of phenols is 1. The molecule has 0 atom stereocenters. The van der Waals surface area contributed by atoms with Crippen LogP contribution in [0.1, 0.15) is 34.3 Å². The number of hydrogen-bond acceptors (Lipinski definition) is 4. The lowest BCUT2D eigenvalue weighted by Gasteiger charge is -2.39. The average Bonchev–Trinajstić information content (AvgIpc) is 2.83. The van der Waals surface area contributed by atoms with E-state index in [1.165, 1.54) is 0 Å². The molecule has 1 aliphatic heterocycles. The highest BCUT2D eigenvalue weighted by Gasteiger charge is 2.31. The van der Waals surface area contributed by atoms with Crippen LogP contribution in [0.3, 0.4) is 0 Å². The van der Waals surface area contributed by atoms with E-state index in [4.69, 9.17) is 16.3 Å². The van der Waals surface area contributed by atoms with Gasteiger partial charge in [-0.1, -0.05) is 41.4 Å². The van der Waals surface area contributed by atoms with Crippen molar-refractivity contribution in [1.82, 2.24) is 4.90 Å². The second-order valence-corrected chi connectivity index (χ2v) is 8.93. The van der Waals surface area contributed by atoms with Gasteiger partial charge in [0.1, 0.15) is 11.5 Å². The Morgan fingerprint density at radius 2 is 1.79 bits per heavy atom. The van der Waals surface area contributed by atoms with E-state index >= 15 is 0 Å². The van der Waals surface area contributed by atoms with Crippen molar-refractivity contribution >= 4 is 23.2 Å². The lowest BCUT2D eigenvalue weighted by molar-refractivity contribution is 0.0955. The Kier molecular flexibility index (Phi) is 7.21. The van der Waals surface area contributed by atoms with Gasteiger partial charge in [0.25, 0.3) is 5.91 Å². The van der Waals surface area contributed by atoms with Crippen molar-refractivity contribution in [1.29, 1.82) is 0 Å². The lowest BCUT2D eigenvalue weighted by Crippen LogP contribution is -2.47. The molecule has 0 spiro atoms. The molecule has 3 aromatic rings. The number of methoxy groups -OCH3 is 1. The van der Waals surface area contributed by atoms with Gasteiger partial charge in [0.05, 0.1) is 12.7 Å². The third kappa shape index (κ3) is 5.32. The molecule has 0 radical (unpaired) electrons. The fraction of sp³-hybridized carbons (Fsp3) is 0.296. The molecular weight excluding hydrogens is 436 g/mol. The first-order chi connectivity index (χ1) is 16.0. The summed E-state index contributed by atoms with van der Waals surface area (Å²) in [5.74, 6) is 0.782. The number of carbonyl (C=O) groups is 1. The number of aryl methyl sites for hydroxylation is 1. The SMILES string of the molecule is COc1ccccc1C(=O)N(c1ccc(C)cc1)C1CCN(Cc2cc(Cl)ccc2O)CC1. The van der Waals surface area contributed by atoms with E-state index in [0.717, 1.165) is 42.7 Å². The zero-order chi connectivity index (χ0) is 23.4. The van der Waals surface area contributed by atoms with Gasteiger partial charge in [-0.05, 0) is 62.2 Å². The van der Waals surface area contributed by atoms with Gasteiger partial charge < -0.3 is 14.7 Å². The predicted octanol–water partition coefficient (Wildman–Crippen LogP) is 5.67. The molecule has 3 aromatic carbocycles. The molecule has 0 aliphatic carbocycles. The van der Waals surface area contributed by atoms with Crippen molar-refractivity contribution in [2.24, 2.45) is 0 Å². The van der Waals surface area contributed by atoms with Crippen LogP contribution in [0, 0.1) is 6.92 Å². The van der Waals surface area contributed by atoms with Gasteiger partial charge in [-0.25, -0.2) is 0 Å². The number of amides is 1.